The number of nitrogens with one attached hydrogen (secondary N) is 1. The minimum atomic E-state index is -0.437. The molecule has 1 saturated carbocycles. The monoisotopic (exact) mass is 291 g/mol. The van der Waals surface area contributed by atoms with E-state index < -0.39 is 5.91 Å². The molecule has 1 aliphatic carbocycles. The number of aromatic nitrogens is 1. The van der Waals surface area contributed by atoms with E-state index in [0.717, 1.165) is 12.2 Å². The molecule has 0 radical (unpaired) electrons. The number of hydrogen-bond acceptors (Lipinski definition) is 5. The zero-order chi connectivity index (χ0) is 14.1. The Morgan fingerprint density at radius 2 is 2.40 bits per heavy atom. The summed E-state index contributed by atoms with van der Waals surface area (Å²) >= 11 is 1.29. The van der Waals surface area contributed by atoms with Crippen LogP contribution in [0.3, 0.4) is 0 Å². The van der Waals surface area contributed by atoms with E-state index in [1.807, 2.05) is 12.1 Å². The van der Waals surface area contributed by atoms with Gasteiger partial charge in [0.15, 0.2) is 5.13 Å². The van der Waals surface area contributed by atoms with E-state index in [4.69, 9.17) is 10.2 Å². The number of hydrogen-bond donors (Lipinski definition) is 2. The van der Waals surface area contributed by atoms with Crippen molar-refractivity contribution >= 4 is 28.3 Å². The first-order valence-electron chi connectivity index (χ1n) is 6.20. The fraction of sp³-hybridized carbons (Fsp3) is 0.308. The third-order valence-electron chi connectivity index (χ3n) is 3.17. The summed E-state index contributed by atoms with van der Waals surface area (Å²) in [6.07, 6.45) is 2.49. The topological polar surface area (TPSA) is 98.2 Å². The van der Waals surface area contributed by atoms with Crippen LogP contribution in [0.1, 0.15) is 23.8 Å². The van der Waals surface area contributed by atoms with Crippen LogP contribution in [0, 0.1) is 5.92 Å². The number of thiazole rings is 1. The highest BCUT2D eigenvalue weighted by atomic mass is 32.1. The van der Waals surface area contributed by atoms with Crippen molar-refractivity contribution in [1.82, 2.24) is 4.98 Å². The van der Waals surface area contributed by atoms with Gasteiger partial charge in [-0.15, -0.1) is 11.3 Å². The maximum Gasteiger partial charge on any atom is 0.230 e. The summed E-state index contributed by atoms with van der Waals surface area (Å²) in [5.74, 6) is 0.443. The second-order valence-electron chi connectivity index (χ2n) is 4.74. The number of carbonyl (C=O) groups excluding carboxylic acids is 2. The standard InChI is InChI=1S/C13H13N3O3S/c14-11(17)4-7-6-20-13(15-7)16-12(18)9-5-8(9)10-2-1-3-19-10/h1-3,6,8-9H,4-5H2,(H2,14,17)(H,15,16,18)/t8-,9-/m1/s1. The van der Waals surface area contributed by atoms with Crippen LogP contribution in [0.25, 0.3) is 0 Å². The Kier molecular flexibility index (Phi) is 3.27. The number of furan rings is 1. The average Bonchev–Trinajstić information content (AvgIpc) is 2.82. The lowest BCUT2D eigenvalue weighted by molar-refractivity contribution is -0.118. The Morgan fingerprint density at radius 1 is 1.55 bits per heavy atom. The van der Waals surface area contributed by atoms with Gasteiger partial charge >= 0.3 is 0 Å². The Bertz CT molecular complexity index is 635. The molecule has 0 saturated heterocycles. The normalized spacial score (nSPS) is 20.6. The summed E-state index contributed by atoms with van der Waals surface area (Å²) in [7, 11) is 0. The van der Waals surface area contributed by atoms with Gasteiger partial charge in [0.2, 0.25) is 11.8 Å². The molecule has 2 amide bonds. The smallest absolute Gasteiger partial charge is 0.230 e. The lowest BCUT2D eigenvalue weighted by Gasteiger charge is -1.99. The zero-order valence-electron chi connectivity index (χ0n) is 10.5. The molecule has 3 rings (SSSR count). The lowest BCUT2D eigenvalue weighted by Crippen LogP contribution is -2.15. The van der Waals surface area contributed by atoms with Crippen molar-refractivity contribution in [2.45, 2.75) is 18.8 Å². The van der Waals surface area contributed by atoms with Gasteiger partial charge in [-0.2, -0.15) is 0 Å². The Labute approximate surface area is 119 Å². The van der Waals surface area contributed by atoms with Crippen molar-refractivity contribution < 1.29 is 14.0 Å². The highest BCUT2D eigenvalue weighted by Crippen LogP contribution is 2.48. The van der Waals surface area contributed by atoms with Crippen LogP contribution >= 0.6 is 11.3 Å². The van der Waals surface area contributed by atoms with Gasteiger partial charge in [0.1, 0.15) is 5.76 Å². The van der Waals surface area contributed by atoms with Crippen LogP contribution < -0.4 is 11.1 Å². The molecule has 0 aliphatic heterocycles. The summed E-state index contributed by atoms with van der Waals surface area (Å²) in [5, 5.41) is 4.98. The summed E-state index contributed by atoms with van der Waals surface area (Å²) in [6.45, 7) is 0. The van der Waals surface area contributed by atoms with Gasteiger partial charge in [0.25, 0.3) is 0 Å². The van der Waals surface area contributed by atoms with Gasteiger partial charge < -0.3 is 15.5 Å². The third-order valence-corrected chi connectivity index (χ3v) is 3.98. The van der Waals surface area contributed by atoms with E-state index in [1.165, 1.54) is 11.3 Å². The van der Waals surface area contributed by atoms with E-state index in [0.29, 0.717) is 10.8 Å². The highest BCUT2D eigenvalue weighted by Gasteiger charge is 2.46. The fourth-order valence-electron chi connectivity index (χ4n) is 2.12. The van der Waals surface area contributed by atoms with E-state index in [1.54, 1.807) is 11.6 Å². The second-order valence-corrected chi connectivity index (χ2v) is 5.60. The number of nitrogens with two attached hydrogens (primary N) is 1. The Morgan fingerprint density at radius 3 is 3.10 bits per heavy atom. The molecule has 0 spiro atoms. The third kappa shape index (κ3) is 2.72. The molecule has 6 nitrogen and oxygen atoms in total. The Hall–Kier alpha value is -2.15. The minimum absolute atomic E-state index is 0.0635. The number of anilines is 1. The highest BCUT2D eigenvalue weighted by molar-refractivity contribution is 7.13. The van der Waals surface area contributed by atoms with E-state index in [9.17, 15) is 9.59 Å². The number of amides is 2. The predicted molar refractivity (Wildman–Crippen MR) is 73.2 cm³/mol. The molecule has 2 heterocycles. The summed E-state index contributed by atoms with van der Waals surface area (Å²) < 4.78 is 5.29. The average molecular weight is 291 g/mol. The van der Waals surface area contributed by atoms with Gasteiger partial charge in [-0.05, 0) is 18.6 Å². The minimum Gasteiger partial charge on any atom is -0.469 e. The van der Waals surface area contributed by atoms with Crippen molar-refractivity contribution in [3.8, 4) is 0 Å². The number of rotatable bonds is 5. The molecular formula is C13H13N3O3S. The van der Waals surface area contributed by atoms with Gasteiger partial charge in [-0.1, -0.05) is 0 Å². The van der Waals surface area contributed by atoms with Gasteiger partial charge in [0.05, 0.1) is 18.4 Å². The van der Waals surface area contributed by atoms with Crippen molar-refractivity contribution in [2.75, 3.05) is 5.32 Å². The summed E-state index contributed by atoms with van der Waals surface area (Å²) in [5.41, 5.74) is 5.67. The first kappa shape index (κ1) is 12.9. The molecule has 0 bridgehead atoms. The largest absolute Gasteiger partial charge is 0.469 e. The van der Waals surface area contributed by atoms with E-state index in [2.05, 4.69) is 10.3 Å². The van der Waals surface area contributed by atoms with Crippen LogP contribution in [0.2, 0.25) is 0 Å². The maximum absolute atomic E-state index is 12.0. The lowest BCUT2D eigenvalue weighted by atomic mass is 10.2. The summed E-state index contributed by atoms with van der Waals surface area (Å²) in [4.78, 5) is 27.0. The first-order valence-corrected chi connectivity index (χ1v) is 7.08. The second kappa shape index (κ2) is 5.09. The van der Waals surface area contributed by atoms with Crippen LogP contribution in [-0.2, 0) is 16.0 Å². The predicted octanol–water partition coefficient (Wildman–Crippen LogP) is 1.51. The molecule has 3 N–H and O–H groups in total. The van der Waals surface area contributed by atoms with Gasteiger partial charge in [0, 0.05) is 17.2 Å². The molecule has 7 heteroatoms. The fourth-order valence-corrected chi connectivity index (χ4v) is 2.84. The van der Waals surface area contributed by atoms with Crippen LogP contribution in [0.15, 0.2) is 28.2 Å². The SMILES string of the molecule is NC(=O)Cc1csc(NC(=O)[C@@H]2C[C@H]2c2ccco2)n1. The van der Waals surface area contributed by atoms with E-state index in [-0.39, 0.29) is 24.2 Å². The molecule has 0 aromatic carbocycles. The molecule has 2 aromatic rings. The molecule has 20 heavy (non-hydrogen) atoms. The Balaban J connectivity index is 1.57. The number of primary amides is 1. The quantitative estimate of drug-likeness (QED) is 0.872. The molecule has 2 atom stereocenters. The number of carbonyl (C=O) groups is 2. The van der Waals surface area contributed by atoms with Crippen molar-refractivity contribution in [2.24, 2.45) is 11.7 Å². The van der Waals surface area contributed by atoms with E-state index >= 15 is 0 Å². The molecule has 1 aliphatic rings. The van der Waals surface area contributed by atoms with Crippen LogP contribution in [0.4, 0.5) is 5.13 Å². The zero-order valence-corrected chi connectivity index (χ0v) is 11.4. The summed E-state index contributed by atoms with van der Waals surface area (Å²) in [6, 6.07) is 3.70. The first-order chi connectivity index (χ1) is 9.63. The number of nitrogens with zero attached hydrogens (tertiary/aromatic N) is 1. The van der Waals surface area contributed by atoms with Crippen molar-refractivity contribution in [3.05, 3.63) is 35.2 Å². The van der Waals surface area contributed by atoms with Crippen molar-refractivity contribution in [3.63, 3.8) is 0 Å². The van der Waals surface area contributed by atoms with Gasteiger partial charge in [-0.3, -0.25) is 9.59 Å². The maximum atomic E-state index is 12.0. The molecule has 1 fully saturated rings. The molecule has 2 aromatic heterocycles. The molecule has 104 valence electrons. The van der Waals surface area contributed by atoms with Gasteiger partial charge in [-0.25, -0.2) is 4.98 Å². The molecular weight excluding hydrogens is 278 g/mol. The van der Waals surface area contributed by atoms with Crippen LogP contribution in [0.5, 0.6) is 0 Å². The van der Waals surface area contributed by atoms with Crippen molar-refractivity contribution in [1.29, 1.82) is 0 Å². The van der Waals surface area contributed by atoms with Crippen LogP contribution in [-0.4, -0.2) is 16.8 Å². The molecule has 0 unspecified atom stereocenters.